The molecule has 0 N–H and O–H groups in total. The molecule has 0 radical (unpaired) electrons. The number of benzene rings is 1. The quantitative estimate of drug-likeness (QED) is 0.656. The van der Waals surface area contributed by atoms with Crippen molar-refractivity contribution in [3.05, 3.63) is 49.2 Å². The van der Waals surface area contributed by atoms with E-state index < -0.39 is 0 Å². The highest BCUT2D eigenvalue weighted by Crippen LogP contribution is 2.33. The Kier molecular flexibility index (Phi) is 5.09. The summed E-state index contributed by atoms with van der Waals surface area (Å²) in [6.45, 7) is 11.7. The van der Waals surface area contributed by atoms with Crippen LogP contribution in [0.5, 0.6) is 0 Å². The minimum Gasteiger partial charge on any atom is -0.320 e. The second-order valence-electron chi connectivity index (χ2n) is 7.93. The Bertz CT molecular complexity index is 882. The van der Waals surface area contributed by atoms with Gasteiger partial charge in [-0.25, -0.2) is 0 Å². The van der Waals surface area contributed by atoms with E-state index in [0.29, 0.717) is 5.56 Å². The first kappa shape index (κ1) is 18.6. The average molecular weight is 421 g/mol. The fourth-order valence-electron chi connectivity index (χ4n) is 3.03. The van der Waals surface area contributed by atoms with Gasteiger partial charge in [0.1, 0.15) is 0 Å². The number of amides is 1. The molecule has 1 saturated carbocycles. The first-order valence-corrected chi connectivity index (χ1v) is 10.3. The summed E-state index contributed by atoms with van der Waals surface area (Å²) in [4.78, 5) is 19.5. The van der Waals surface area contributed by atoms with Crippen molar-refractivity contribution in [2.45, 2.75) is 59.4 Å². The molecule has 2 aromatic rings. The van der Waals surface area contributed by atoms with Crippen molar-refractivity contribution in [1.29, 1.82) is 0 Å². The van der Waals surface area contributed by atoms with Crippen LogP contribution in [0, 0.1) is 19.8 Å². The van der Waals surface area contributed by atoms with E-state index in [2.05, 4.69) is 53.2 Å². The van der Waals surface area contributed by atoms with Crippen molar-refractivity contribution < 1.29 is 4.79 Å². The van der Waals surface area contributed by atoms with Crippen molar-refractivity contribution >= 4 is 33.2 Å². The second-order valence-corrected chi connectivity index (χ2v) is 9.76. The van der Waals surface area contributed by atoms with E-state index in [9.17, 15) is 4.79 Å². The maximum Gasteiger partial charge on any atom is 0.279 e. The number of rotatable bonds is 3. The number of carbonyl (C=O) groups excluding carboxylic acids is 1. The molecule has 0 aliphatic heterocycles. The maximum atomic E-state index is 12.8. The summed E-state index contributed by atoms with van der Waals surface area (Å²) in [6, 6.07) is 5.69. The van der Waals surface area contributed by atoms with Gasteiger partial charge in [0.15, 0.2) is 4.80 Å². The van der Waals surface area contributed by atoms with Gasteiger partial charge in [0, 0.05) is 27.2 Å². The number of carbonyl (C=O) groups is 1. The Hall–Kier alpha value is -1.20. The van der Waals surface area contributed by atoms with Crippen molar-refractivity contribution in [2.75, 3.05) is 0 Å². The zero-order valence-electron chi connectivity index (χ0n) is 15.5. The fourth-order valence-corrected chi connectivity index (χ4v) is 4.59. The lowest BCUT2D eigenvalue weighted by Crippen LogP contribution is -2.20. The van der Waals surface area contributed by atoms with Crippen molar-refractivity contribution in [1.82, 2.24) is 4.57 Å². The molecule has 25 heavy (non-hydrogen) atoms. The molecule has 1 aromatic heterocycles. The average Bonchev–Trinajstić information content (AvgIpc) is 3.28. The number of hydrogen-bond acceptors (Lipinski definition) is 2. The summed E-state index contributed by atoms with van der Waals surface area (Å²) in [7, 11) is 0. The molecule has 1 fully saturated rings. The van der Waals surface area contributed by atoms with Crippen LogP contribution in [0.4, 0.5) is 0 Å². The van der Waals surface area contributed by atoms with Crippen LogP contribution in [-0.4, -0.2) is 10.5 Å². The molecule has 0 spiro atoms. The highest BCUT2D eigenvalue weighted by molar-refractivity contribution is 9.10. The van der Waals surface area contributed by atoms with Crippen LogP contribution in [0.3, 0.4) is 0 Å². The SMILES string of the molecule is Cc1c(Br)cccc1C(=O)N=c1sc(C(C)(C)C)c(C)n1CC1CC1. The van der Waals surface area contributed by atoms with E-state index in [4.69, 9.17) is 0 Å². The highest BCUT2D eigenvalue weighted by atomic mass is 79.9. The third-order valence-corrected chi connectivity index (χ3v) is 7.14. The van der Waals surface area contributed by atoms with E-state index in [1.54, 1.807) is 11.3 Å². The minimum atomic E-state index is -0.162. The van der Waals surface area contributed by atoms with Gasteiger partial charge in [-0.05, 0) is 55.7 Å². The maximum absolute atomic E-state index is 12.8. The van der Waals surface area contributed by atoms with E-state index in [1.807, 2.05) is 25.1 Å². The van der Waals surface area contributed by atoms with Crippen LogP contribution < -0.4 is 4.80 Å². The van der Waals surface area contributed by atoms with Gasteiger partial charge < -0.3 is 4.57 Å². The summed E-state index contributed by atoms with van der Waals surface area (Å²) in [6.07, 6.45) is 2.57. The summed E-state index contributed by atoms with van der Waals surface area (Å²) >= 11 is 5.16. The van der Waals surface area contributed by atoms with E-state index in [-0.39, 0.29) is 11.3 Å². The van der Waals surface area contributed by atoms with Gasteiger partial charge in [-0.1, -0.05) is 42.8 Å². The number of thiazole rings is 1. The van der Waals surface area contributed by atoms with Crippen LogP contribution in [0.15, 0.2) is 27.7 Å². The predicted octanol–water partition coefficient (Wildman–Crippen LogP) is 5.38. The lowest BCUT2D eigenvalue weighted by Gasteiger charge is -2.17. The van der Waals surface area contributed by atoms with E-state index in [0.717, 1.165) is 27.3 Å². The molecule has 3 rings (SSSR count). The molecule has 0 unspecified atom stereocenters. The van der Waals surface area contributed by atoms with Crippen molar-refractivity contribution in [3.8, 4) is 0 Å². The van der Waals surface area contributed by atoms with Crippen LogP contribution in [0.1, 0.15) is 60.1 Å². The van der Waals surface area contributed by atoms with Gasteiger partial charge in [0.05, 0.1) is 0 Å². The molecular weight excluding hydrogens is 396 g/mol. The molecule has 1 amide bonds. The monoisotopic (exact) mass is 420 g/mol. The van der Waals surface area contributed by atoms with E-state index >= 15 is 0 Å². The molecule has 0 bridgehead atoms. The summed E-state index contributed by atoms with van der Waals surface area (Å²) in [5, 5.41) is 0. The first-order valence-electron chi connectivity index (χ1n) is 8.73. The standard InChI is InChI=1S/C20H25BrN2OS/c1-12-15(7-6-8-16(12)21)18(24)22-19-23(11-14-9-10-14)13(2)17(25-19)20(3,4)5/h6-8,14H,9-11H2,1-5H3. The van der Waals surface area contributed by atoms with E-state index in [1.165, 1.54) is 23.4 Å². The van der Waals surface area contributed by atoms with Crippen molar-refractivity contribution in [2.24, 2.45) is 10.9 Å². The molecule has 0 saturated heterocycles. The second kappa shape index (κ2) is 6.84. The Morgan fingerprint density at radius 1 is 1.32 bits per heavy atom. The molecule has 0 atom stereocenters. The molecule has 5 heteroatoms. The lowest BCUT2D eigenvalue weighted by atomic mass is 9.93. The first-order chi connectivity index (χ1) is 11.7. The van der Waals surface area contributed by atoms with Crippen LogP contribution >= 0.6 is 27.3 Å². The Labute approximate surface area is 161 Å². The van der Waals surface area contributed by atoms with Gasteiger partial charge in [-0.2, -0.15) is 4.99 Å². The van der Waals surface area contributed by atoms with Gasteiger partial charge in [-0.3, -0.25) is 4.79 Å². The van der Waals surface area contributed by atoms with Crippen LogP contribution in [0.2, 0.25) is 0 Å². The highest BCUT2D eigenvalue weighted by Gasteiger charge is 2.27. The molecule has 1 aromatic carbocycles. The number of halogens is 1. The Balaban J connectivity index is 2.09. The predicted molar refractivity (Wildman–Crippen MR) is 107 cm³/mol. The van der Waals surface area contributed by atoms with Crippen LogP contribution in [0.25, 0.3) is 0 Å². The van der Waals surface area contributed by atoms with Gasteiger partial charge in [0.2, 0.25) is 0 Å². The van der Waals surface area contributed by atoms with Crippen LogP contribution in [-0.2, 0) is 12.0 Å². The zero-order valence-corrected chi connectivity index (χ0v) is 17.9. The largest absolute Gasteiger partial charge is 0.320 e. The Morgan fingerprint density at radius 3 is 2.60 bits per heavy atom. The molecule has 1 heterocycles. The molecule has 1 aliphatic carbocycles. The third-order valence-electron chi connectivity index (χ3n) is 4.67. The molecule has 3 nitrogen and oxygen atoms in total. The number of nitrogens with zero attached hydrogens (tertiary/aromatic N) is 2. The topological polar surface area (TPSA) is 34.4 Å². The van der Waals surface area contributed by atoms with Gasteiger partial charge in [-0.15, -0.1) is 11.3 Å². The zero-order chi connectivity index (χ0) is 18.4. The minimum absolute atomic E-state index is 0.0581. The normalized spacial score (nSPS) is 15.7. The summed E-state index contributed by atoms with van der Waals surface area (Å²) < 4.78 is 3.20. The van der Waals surface area contributed by atoms with Crippen molar-refractivity contribution in [3.63, 3.8) is 0 Å². The molecule has 134 valence electrons. The summed E-state index contributed by atoms with van der Waals surface area (Å²) in [5.74, 6) is 0.577. The fraction of sp³-hybridized carbons (Fsp3) is 0.500. The van der Waals surface area contributed by atoms with Gasteiger partial charge in [0.25, 0.3) is 5.91 Å². The molecular formula is C20H25BrN2OS. The summed E-state index contributed by atoms with van der Waals surface area (Å²) in [5.41, 5.74) is 2.91. The van der Waals surface area contributed by atoms with Gasteiger partial charge >= 0.3 is 0 Å². The smallest absolute Gasteiger partial charge is 0.279 e. The number of aromatic nitrogens is 1. The molecule has 1 aliphatic rings. The third kappa shape index (κ3) is 3.98. The lowest BCUT2D eigenvalue weighted by molar-refractivity contribution is 0.0997. The Morgan fingerprint density at radius 2 is 2.00 bits per heavy atom. The number of hydrogen-bond donors (Lipinski definition) is 0.